The van der Waals surface area contributed by atoms with Gasteiger partial charge >= 0.3 is 6.18 Å². The van der Waals surface area contributed by atoms with E-state index in [0.717, 1.165) is 6.07 Å². The Balaban J connectivity index is 0.00000225. The van der Waals surface area contributed by atoms with E-state index < -0.39 is 24.4 Å². The van der Waals surface area contributed by atoms with Crippen LogP contribution in [0.25, 0.3) is 0 Å². The average molecular weight is 276 g/mol. The van der Waals surface area contributed by atoms with Crippen LogP contribution in [0.5, 0.6) is 0 Å². The van der Waals surface area contributed by atoms with E-state index in [1.165, 1.54) is 12.1 Å². The van der Waals surface area contributed by atoms with Crippen molar-refractivity contribution < 1.29 is 18.3 Å². The van der Waals surface area contributed by atoms with Crippen molar-refractivity contribution in [2.75, 3.05) is 6.61 Å². The molecule has 0 aliphatic rings. The molecule has 92 valence electrons. The molecule has 0 saturated carbocycles. The number of hydrogen-bond donors (Lipinski definition) is 2. The molecule has 0 aliphatic carbocycles. The number of aliphatic hydroxyl groups excluding tert-OH is 1. The molecule has 1 rings (SSSR count). The lowest BCUT2D eigenvalue weighted by molar-refractivity contribution is -0.138. The van der Waals surface area contributed by atoms with Gasteiger partial charge in [0, 0.05) is 10.6 Å². The summed E-state index contributed by atoms with van der Waals surface area (Å²) in [7, 11) is 0. The lowest BCUT2D eigenvalue weighted by Crippen LogP contribution is -2.20. The summed E-state index contributed by atoms with van der Waals surface area (Å²) in [5, 5.41) is 8.66. The molecule has 2 nitrogen and oxygen atoms in total. The minimum atomic E-state index is -4.52. The topological polar surface area (TPSA) is 46.2 Å². The summed E-state index contributed by atoms with van der Waals surface area (Å²) in [6.07, 6.45) is -4.52. The number of hydrogen-bond acceptors (Lipinski definition) is 2. The molecule has 0 spiro atoms. The van der Waals surface area contributed by atoms with Crippen LogP contribution in [0.15, 0.2) is 18.2 Å². The highest BCUT2D eigenvalue weighted by molar-refractivity contribution is 6.31. The Hall–Kier alpha value is -0.490. The lowest BCUT2D eigenvalue weighted by Gasteiger charge is -2.17. The smallest absolute Gasteiger partial charge is 0.394 e. The van der Waals surface area contributed by atoms with Gasteiger partial charge in [0.1, 0.15) is 0 Å². The largest absolute Gasteiger partial charge is 0.416 e. The number of aliphatic hydroxyl groups is 1. The summed E-state index contributed by atoms with van der Waals surface area (Å²) in [6, 6.07) is 2.26. The van der Waals surface area contributed by atoms with E-state index in [1.807, 2.05) is 0 Å². The molecule has 0 saturated heterocycles. The average Bonchev–Trinajstić information content (AvgIpc) is 2.15. The second kappa shape index (κ2) is 5.72. The van der Waals surface area contributed by atoms with Crippen molar-refractivity contribution in [3.05, 3.63) is 34.3 Å². The van der Waals surface area contributed by atoms with Gasteiger partial charge in [-0.25, -0.2) is 0 Å². The van der Waals surface area contributed by atoms with Gasteiger partial charge < -0.3 is 10.8 Å². The Kier molecular flexibility index (Phi) is 5.55. The fraction of sp³-hybridized carbons (Fsp3) is 0.333. The third kappa shape index (κ3) is 3.25. The fourth-order valence-electron chi connectivity index (χ4n) is 1.25. The highest BCUT2D eigenvalue weighted by Crippen LogP contribution is 2.37. The second-order valence-corrected chi connectivity index (χ2v) is 3.40. The molecule has 0 radical (unpaired) electrons. The van der Waals surface area contributed by atoms with Crippen LogP contribution in [-0.2, 0) is 6.18 Å². The Morgan fingerprint density at radius 2 is 1.94 bits per heavy atom. The quantitative estimate of drug-likeness (QED) is 0.872. The Morgan fingerprint density at radius 3 is 2.38 bits per heavy atom. The maximum Gasteiger partial charge on any atom is 0.416 e. The second-order valence-electron chi connectivity index (χ2n) is 2.99. The number of nitrogens with two attached hydrogens (primary N) is 1. The van der Waals surface area contributed by atoms with Gasteiger partial charge in [-0.3, -0.25) is 0 Å². The van der Waals surface area contributed by atoms with Gasteiger partial charge in [0.2, 0.25) is 0 Å². The maximum absolute atomic E-state index is 12.5. The van der Waals surface area contributed by atoms with Crippen molar-refractivity contribution in [3.8, 4) is 0 Å². The van der Waals surface area contributed by atoms with Gasteiger partial charge in [0.25, 0.3) is 0 Å². The summed E-state index contributed by atoms with van der Waals surface area (Å²) in [5.41, 5.74) is 4.18. The Bertz CT molecular complexity index is 357. The van der Waals surface area contributed by atoms with Gasteiger partial charge in [-0.05, 0) is 12.1 Å². The Morgan fingerprint density at radius 1 is 1.38 bits per heavy atom. The van der Waals surface area contributed by atoms with Gasteiger partial charge in [-0.1, -0.05) is 17.7 Å². The molecule has 1 atom stereocenters. The minimum Gasteiger partial charge on any atom is -0.394 e. The summed E-state index contributed by atoms with van der Waals surface area (Å²) in [5.74, 6) is 0. The molecule has 0 aromatic heterocycles. The minimum absolute atomic E-state index is 0. The van der Waals surface area contributed by atoms with Crippen molar-refractivity contribution in [2.24, 2.45) is 5.73 Å². The van der Waals surface area contributed by atoms with Gasteiger partial charge in [-0.2, -0.15) is 13.2 Å². The molecule has 0 amide bonds. The first-order valence-electron chi connectivity index (χ1n) is 4.10. The van der Waals surface area contributed by atoms with Crippen LogP contribution < -0.4 is 5.73 Å². The monoisotopic (exact) mass is 275 g/mol. The van der Waals surface area contributed by atoms with Crippen LogP contribution in [0.2, 0.25) is 5.02 Å². The number of halogens is 5. The summed E-state index contributed by atoms with van der Waals surface area (Å²) < 4.78 is 37.6. The van der Waals surface area contributed by atoms with E-state index in [-0.39, 0.29) is 23.0 Å². The fourth-order valence-corrected chi connectivity index (χ4v) is 1.57. The predicted octanol–water partition coefficient (Wildman–Crippen LogP) is 2.77. The lowest BCUT2D eigenvalue weighted by atomic mass is 10.0. The van der Waals surface area contributed by atoms with Crippen molar-refractivity contribution >= 4 is 24.0 Å². The molecule has 1 aromatic carbocycles. The van der Waals surface area contributed by atoms with Gasteiger partial charge in [-0.15, -0.1) is 12.4 Å². The van der Waals surface area contributed by atoms with Crippen LogP contribution in [0.1, 0.15) is 17.2 Å². The molecule has 16 heavy (non-hydrogen) atoms. The molecular formula is C9H10Cl2F3NO. The van der Waals surface area contributed by atoms with Crippen LogP contribution in [0.3, 0.4) is 0 Å². The van der Waals surface area contributed by atoms with Crippen molar-refractivity contribution in [3.63, 3.8) is 0 Å². The van der Waals surface area contributed by atoms with E-state index in [4.69, 9.17) is 22.4 Å². The molecule has 3 N–H and O–H groups in total. The Labute approximate surface area is 102 Å². The van der Waals surface area contributed by atoms with E-state index in [2.05, 4.69) is 0 Å². The third-order valence-corrected chi connectivity index (χ3v) is 2.26. The van der Waals surface area contributed by atoms with Crippen molar-refractivity contribution in [2.45, 2.75) is 12.2 Å². The first kappa shape index (κ1) is 15.5. The highest BCUT2D eigenvalue weighted by Gasteiger charge is 2.35. The van der Waals surface area contributed by atoms with E-state index in [1.54, 1.807) is 0 Å². The number of alkyl halides is 3. The van der Waals surface area contributed by atoms with Crippen molar-refractivity contribution in [1.82, 2.24) is 0 Å². The van der Waals surface area contributed by atoms with Gasteiger partial charge in [0.05, 0.1) is 18.2 Å². The first-order valence-corrected chi connectivity index (χ1v) is 4.47. The van der Waals surface area contributed by atoms with Crippen molar-refractivity contribution in [1.29, 1.82) is 0 Å². The zero-order chi connectivity index (χ0) is 11.6. The first-order chi connectivity index (χ1) is 6.88. The van der Waals surface area contributed by atoms with Crippen LogP contribution in [-0.4, -0.2) is 11.7 Å². The summed E-state index contributed by atoms with van der Waals surface area (Å²) in [6.45, 7) is -0.590. The van der Waals surface area contributed by atoms with Crippen LogP contribution in [0, 0.1) is 0 Å². The van der Waals surface area contributed by atoms with E-state index >= 15 is 0 Å². The molecule has 1 aromatic rings. The molecule has 0 aliphatic heterocycles. The van der Waals surface area contributed by atoms with Crippen LogP contribution in [0.4, 0.5) is 13.2 Å². The molecule has 7 heteroatoms. The van der Waals surface area contributed by atoms with E-state index in [9.17, 15) is 13.2 Å². The zero-order valence-corrected chi connectivity index (χ0v) is 9.53. The summed E-state index contributed by atoms with van der Waals surface area (Å²) >= 11 is 5.62. The number of rotatable bonds is 2. The zero-order valence-electron chi connectivity index (χ0n) is 7.96. The molecule has 0 bridgehead atoms. The summed E-state index contributed by atoms with van der Waals surface area (Å²) in [4.78, 5) is 0. The maximum atomic E-state index is 12.5. The molecule has 0 heterocycles. The molecule has 0 fully saturated rings. The van der Waals surface area contributed by atoms with E-state index in [0.29, 0.717) is 0 Å². The predicted molar refractivity (Wildman–Crippen MR) is 57.7 cm³/mol. The third-order valence-electron chi connectivity index (χ3n) is 1.93. The van der Waals surface area contributed by atoms with Crippen LogP contribution >= 0.6 is 24.0 Å². The SMILES string of the molecule is Cl.N[C@H](CO)c1c(Cl)cccc1C(F)(F)F. The normalized spacial score (nSPS) is 13.1. The molecular weight excluding hydrogens is 266 g/mol. The van der Waals surface area contributed by atoms with Gasteiger partial charge in [0.15, 0.2) is 0 Å². The standard InChI is InChI=1S/C9H9ClF3NO.ClH/c10-6-3-1-2-5(9(11,12)13)8(6)7(14)4-15;/h1-3,7,15H,4,14H2;1H/t7-;/m1./s1. The number of benzene rings is 1. The molecule has 0 unspecified atom stereocenters. The highest BCUT2D eigenvalue weighted by atomic mass is 35.5.